The number of benzene rings is 2. The molecule has 24 nitrogen and oxygen atoms in total. The van der Waals surface area contributed by atoms with E-state index >= 15 is 14.4 Å². The Labute approximate surface area is 505 Å². The van der Waals surface area contributed by atoms with Gasteiger partial charge in [0.15, 0.2) is 11.9 Å². The number of nitrogens with zero attached hydrogens (tertiary/aromatic N) is 3. The fourth-order valence-corrected chi connectivity index (χ4v) is 10.5. The molecule has 2 saturated heterocycles. The van der Waals surface area contributed by atoms with Gasteiger partial charge in [0.05, 0.1) is 31.6 Å². The summed E-state index contributed by atoms with van der Waals surface area (Å²) in [5.41, 5.74) is 6.68. The number of alkyl carbamates (subject to hydrolysis) is 1. The van der Waals surface area contributed by atoms with Crippen molar-refractivity contribution in [3.8, 4) is 5.75 Å². The van der Waals surface area contributed by atoms with E-state index in [-0.39, 0.29) is 63.5 Å². The Bertz CT molecular complexity index is 2670. The lowest BCUT2D eigenvalue weighted by Gasteiger charge is -2.36. The van der Waals surface area contributed by atoms with E-state index in [4.69, 9.17) is 24.7 Å². The molecule has 8 amide bonds. The maximum atomic E-state index is 15.1. The van der Waals surface area contributed by atoms with E-state index in [0.29, 0.717) is 29.7 Å². The molecule has 2 aromatic carbocycles. The van der Waals surface area contributed by atoms with E-state index in [1.54, 1.807) is 96.1 Å². The molecule has 0 spiro atoms. The predicted molar refractivity (Wildman–Crippen MR) is 316 cm³/mol. The van der Waals surface area contributed by atoms with E-state index in [2.05, 4.69) is 21.3 Å². The van der Waals surface area contributed by atoms with Crippen molar-refractivity contribution < 1.29 is 76.8 Å². The van der Waals surface area contributed by atoms with Crippen LogP contribution in [0, 0.1) is 29.6 Å². The minimum Gasteiger partial charge on any atom is -0.497 e. The second-order valence-corrected chi connectivity index (χ2v) is 23.9. The Morgan fingerprint density at radius 2 is 1.51 bits per heavy atom. The minimum absolute atomic E-state index is 0.0352. The SMILES string of the molecule is CC[C@H](C)[C@H]1NC(=O)[C@@H](NC(=O)[C@@H](CC(C)C)N(C)C(=O)[C@H](CCC(N)=O)NC(=O)OCc2ccccc2)[C@@H](C)OC(=O)[C@H](Cc2ccc(OC)cc2)N(C)C(=O)[C@@H]2CCCN2C(=O)[C@H](CC(C)C)NC(=O)[C@@H](C)C(=O)[C@H](C(C)C)OC(=O)C[C@@H]1O. The number of fused-ring (bicyclic) bond motifs is 1. The number of primary amides is 1. The van der Waals surface area contributed by atoms with E-state index < -0.39 is 150 Å². The highest BCUT2D eigenvalue weighted by Gasteiger charge is 2.45. The van der Waals surface area contributed by atoms with Gasteiger partial charge < -0.3 is 65.8 Å². The molecule has 2 aliphatic rings. The summed E-state index contributed by atoms with van der Waals surface area (Å²) in [6.07, 6.45) is -6.39. The number of nitrogens with two attached hydrogens (primary N) is 1. The van der Waals surface area contributed by atoms with Crippen LogP contribution in [0.5, 0.6) is 5.75 Å². The van der Waals surface area contributed by atoms with Crippen molar-refractivity contribution in [3.05, 3.63) is 65.7 Å². The number of aliphatic hydroxyl groups is 1. The molecule has 86 heavy (non-hydrogen) atoms. The van der Waals surface area contributed by atoms with E-state index in [9.17, 15) is 43.5 Å². The molecule has 12 atom stereocenters. The first-order valence-electron chi connectivity index (χ1n) is 29.7. The van der Waals surface area contributed by atoms with E-state index in [1.807, 2.05) is 13.8 Å². The van der Waals surface area contributed by atoms with Gasteiger partial charge in [-0.25, -0.2) is 9.59 Å². The smallest absolute Gasteiger partial charge is 0.408 e. The monoisotopic (exact) mass is 1200 g/mol. The topological polar surface area (TPSA) is 329 Å². The number of likely N-dealkylation sites (N-methyl/N-ethyl adjacent to an activating group) is 2. The van der Waals surface area contributed by atoms with Gasteiger partial charge in [-0.1, -0.05) is 104 Å². The number of rotatable bonds is 20. The van der Waals surface area contributed by atoms with Crippen LogP contribution in [0.1, 0.15) is 132 Å². The van der Waals surface area contributed by atoms with Crippen LogP contribution in [-0.4, -0.2) is 173 Å². The first-order chi connectivity index (χ1) is 40.5. The zero-order valence-corrected chi connectivity index (χ0v) is 52.1. The predicted octanol–water partition coefficient (Wildman–Crippen LogP) is 3.51. The summed E-state index contributed by atoms with van der Waals surface area (Å²) in [5, 5.41) is 22.6. The Hall–Kier alpha value is -7.63. The average molecular weight is 1210 g/mol. The van der Waals surface area contributed by atoms with Gasteiger partial charge in [-0.3, -0.25) is 43.2 Å². The molecule has 0 radical (unpaired) electrons. The molecule has 4 rings (SSSR count). The zero-order chi connectivity index (χ0) is 64.3. The molecule has 7 N–H and O–H groups in total. The van der Waals surface area contributed by atoms with Gasteiger partial charge in [0.1, 0.15) is 54.7 Å². The Morgan fingerprint density at radius 1 is 0.860 bits per heavy atom. The second-order valence-electron chi connectivity index (χ2n) is 23.9. The molecular formula is C62H92N8O16. The summed E-state index contributed by atoms with van der Waals surface area (Å²) in [6.45, 7) is 16.5. The summed E-state index contributed by atoms with van der Waals surface area (Å²) in [4.78, 5) is 160. The third kappa shape index (κ3) is 20.2. The van der Waals surface area contributed by atoms with Gasteiger partial charge in [0, 0.05) is 33.5 Å². The number of esters is 2. The van der Waals surface area contributed by atoms with E-state index in [1.165, 1.54) is 40.0 Å². The number of ketones is 1. The number of Topliss-reactive ketones (excluding diaryl/α,β-unsaturated/α-hetero) is 1. The van der Waals surface area contributed by atoms with Gasteiger partial charge >= 0.3 is 18.0 Å². The zero-order valence-electron chi connectivity index (χ0n) is 52.1. The van der Waals surface area contributed by atoms with Crippen molar-refractivity contribution >= 4 is 65.2 Å². The third-order valence-corrected chi connectivity index (χ3v) is 15.8. The number of carbonyl (C=O) groups excluding carboxylic acids is 11. The highest BCUT2D eigenvalue weighted by atomic mass is 16.6. The van der Waals surface area contributed by atoms with Crippen LogP contribution >= 0.6 is 0 Å². The number of ether oxygens (including phenoxy) is 4. The van der Waals surface area contributed by atoms with E-state index in [0.717, 1.165) is 9.80 Å². The van der Waals surface area contributed by atoms with Crippen molar-refractivity contribution in [2.24, 2.45) is 35.3 Å². The van der Waals surface area contributed by atoms with Gasteiger partial charge in [0.25, 0.3) is 0 Å². The first kappa shape index (κ1) is 70.9. The lowest BCUT2D eigenvalue weighted by atomic mass is 9.91. The van der Waals surface area contributed by atoms with Gasteiger partial charge in [-0.2, -0.15) is 0 Å². The largest absolute Gasteiger partial charge is 0.497 e. The summed E-state index contributed by atoms with van der Waals surface area (Å²) in [5.74, 6) is -11.2. The van der Waals surface area contributed by atoms with Crippen molar-refractivity contribution in [2.45, 2.75) is 194 Å². The number of methoxy groups -OCH3 is 1. The number of hydrogen-bond acceptors (Lipinski definition) is 16. The highest BCUT2D eigenvalue weighted by molar-refractivity contribution is 6.05. The first-order valence-corrected chi connectivity index (χ1v) is 29.7. The molecule has 2 aliphatic heterocycles. The highest BCUT2D eigenvalue weighted by Crippen LogP contribution is 2.26. The fraction of sp³-hybridized carbons (Fsp3) is 0.629. The second kappa shape index (κ2) is 33.3. The molecule has 2 aromatic rings. The number of hydrogen-bond donors (Lipinski definition) is 6. The van der Waals surface area contributed by atoms with Crippen molar-refractivity contribution in [3.63, 3.8) is 0 Å². The van der Waals surface area contributed by atoms with Crippen LogP contribution in [-0.2, 0) is 75.2 Å². The molecule has 24 heteroatoms. The lowest BCUT2D eigenvalue weighted by molar-refractivity contribution is -0.163. The molecule has 2 fully saturated rings. The Kier molecular flexibility index (Phi) is 27.5. The van der Waals surface area contributed by atoms with Crippen molar-refractivity contribution in [1.29, 1.82) is 0 Å². The lowest BCUT2D eigenvalue weighted by Crippen LogP contribution is -2.62. The third-order valence-electron chi connectivity index (χ3n) is 15.8. The van der Waals surface area contributed by atoms with Crippen LogP contribution in [0.4, 0.5) is 4.79 Å². The molecule has 476 valence electrons. The van der Waals surface area contributed by atoms with Gasteiger partial charge in [0.2, 0.25) is 41.4 Å². The number of nitrogens with one attached hydrogen (secondary N) is 4. The number of aliphatic hydroxyl groups excluding tert-OH is 1. The summed E-state index contributed by atoms with van der Waals surface area (Å²) in [7, 11) is 4.15. The summed E-state index contributed by atoms with van der Waals surface area (Å²) in [6, 6.07) is 5.65. The number of amides is 8. The maximum absolute atomic E-state index is 15.1. The van der Waals surface area contributed by atoms with Crippen LogP contribution in [0.2, 0.25) is 0 Å². The molecular weight excluding hydrogens is 1110 g/mol. The minimum atomic E-state index is -1.84. The quantitative estimate of drug-likeness (QED) is 0.0628. The summed E-state index contributed by atoms with van der Waals surface area (Å²) >= 11 is 0. The van der Waals surface area contributed by atoms with Crippen LogP contribution in [0.25, 0.3) is 0 Å². The number of cyclic esters (lactones) is 2. The molecule has 0 aromatic heterocycles. The summed E-state index contributed by atoms with van der Waals surface area (Å²) < 4.78 is 22.6. The molecule has 0 aliphatic carbocycles. The standard InChI is InChI=1S/C62H92N8O16/c1-14-37(8)51-48(71)32-50(73)86-54(36(6)7)53(74)38(9)55(75)64-44(29-34(2)3)59(79)70-28-18-21-45(70)60(80)69(12)47(31-40-22-24-42(83-13)25-23-40)61(81)85-39(10)52(57(77)66-51)67-56(76)46(30-35(4)5)68(11)58(78)43(26-27-49(63)72)65-62(82)84-33-41-19-16-15-17-20-41/h15-17,19-20,22-25,34-39,43-48,51-52,54,71H,14,18,21,26-33H2,1-13H3,(H2,63,72)(H,64,75)(H,65,82)(H,66,77)(H,67,76)/t37-,38-,39+,43-,44-,45-,46+,47-,48-,51+,52-,54-/m0/s1. The fourth-order valence-electron chi connectivity index (χ4n) is 10.5. The molecule has 2 heterocycles. The van der Waals surface area contributed by atoms with Crippen LogP contribution in [0.3, 0.4) is 0 Å². The molecule has 0 unspecified atom stereocenters. The van der Waals surface area contributed by atoms with Crippen molar-refractivity contribution in [1.82, 2.24) is 36.0 Å². The maximum Gasteiger partial charge on any atom is 0.408 e. The Balaban J connectivity index is 1.87. The Morgan fingerprint density at radius 3 is 2.09 bits per heavy atom. The van der Waals surface area contributed by atoms with Gasteiger partial charge in [-0.15, -0.1) is 0 Å². The average Bonchev–Trinajstić information content (AvgIpc) is 2.36. The van der Waals surface area contributed by atoms with Crippen LogP contribution in [0.15, 0.2) is 54.6 Å². The van der Waals surface area contributed by atoms with Gasteiger partial charge in [-0.05, 0) is 92.9 Å². The molecule has 0 saturated carbocycles. The van der Waals surface area contributed by atoms with Crippen molar-refractivity contribution in [2.75, 3.05) is 27.7 Å². The molecule has 0 bridgehead atoms. The normalized spacial score (nSPS) is 24.4. The number of carbonyl (C=O) groups is 11. The van der Waals surface area contributed by atoms with Crippen LogP contribution < -0.4 is 31.7 Å².